The molecular formula is C11H10N2O2S. The number of pyridine rings is 1. The maximum absolute atomic E-state index is 12.0. The van der Waals surface area contributed by atoms with Crippen LogP contribution in [0.25, 0.3) is 0 Å². The minimum absolute atomic E-state index is 0.00537. The van der Waals surface area contributed by atoms with Crippen molar-refractivity contribution in [3.05, 3.63) is 40.6 Å². The highest BCUT2D eigenvalue weighted by Crippen LogP contribution is 2.18. The minimum Gasteiger partial charge on any atom is -0.494 e. The van der Waals surface area contributed by atoms with Crippen LogP contribution in [0.3, 0.4) is 0 Å². The molecule has 5 heteroatoms. The largest absolute Gasteiger partial charge is 0.494 e. The number of ether oxygens (including phenoxy) is 1. The summed E-state index contributed by atoms with van der Waals surface area (Å²) in [5, 5.41) is 2.66. The Balaban J connectivity index is 2.21. The summed E-state index contributed by atoms with van der Waals surface area (Å²) >= 11 is 1.47. The number of rotatable bonds is 4. The third kappa shape index (κ3) is 2.25. The van der Waals surface area contributed by atoms with Crippen molar-refractivity contribution in [3.63, 3.8) is 0 Å². The fourth-order valence-electron chi connectivity index (χ4n) is 1.35. The molecule has 2 rings (SSSR count). The second-order valence-corrected chi connectivity index (χ2v) is 4.08. The van der Waals surface area contributed by atoms with E-state index in [1.165, 1.54) is 24.6 Å². The molecule has 0 spiro atoms. The molecule has 0 amide bonds. The molecule has 0 aliphatic rings. The van der Waals surface area contributed by atoms with Gasteiger partial charge in [-0.1, -0.05) is 0 Å². The van der Waals surface area contributed by atoms with Crippen LogP contribution in [-0.4, -0.2) is 22.9 Å². The fourth-order valence-corrected chi connectivity index (χ4v) is 1.96. The first-order chi connectivity index (χ1) is 7.81. The number of Topliss-reactive ketones (excluding diaryl/α,β-unsaturated/α-hetero) is 1. The Bertz CT molecular complexity index is 482. The average Bonchev–Trinajstić information content (AvgIpc) is 2.81. The van der Waals surface area contributed by atoms with E-state index < -0.39 is 0 Å². The van der Waals surface area contributed by atoms with Crippen LogP contribution in [0.15, 0.2) is 30.0 Å². The van der Waals surface area contributed by atoms with E-state index in [1.54, 1.807) is 18.5 Å². The zero-order valence-corrected chi connectivity index (χ0v) is 9.53. The summed E-state index contributed by atoms with van der Waals surface area (Å²) in [4.78, 5) is 19.9. The van der Waals surface area contributed by atoms with Crippen molar-refractivity contribution < 1.29 is 9.53 Å². The Morgan fingerprint density at radius 2 is 2.38 bits per heavy atom. The summed E-state index contributed by atoms with van der Waals surface area (Å²) < 4.78 is 5.09. The molecule has 0 aromatic carbocycles. The molecule has 0 saturated carbocycles. The summed E-state index contributed by atoms with van der Waals surface area (Å²) in [6, 6.07) is 1.66. The van der Waals surface area contributed by atoms with Gasteiger partial charge in [-0.3, -0.25) is 9.78 Å². The van der Waals surface area contributed by atoms with Gasteiger partial charge in [0, 0.05) is 17.8 Å². The summed E-state index contributed by atoms with van der Waals surface area (Å²) in [5.41, 5.74) is 0.549. The van der Waals surface area contributed by atoms with Crippen molar-refractivity contribution >= 4 is 17.1 Å². The molecule has 0 bridgehead atoms. The SMILES string of the molecule is COc1cnccc1C(=O)Cc1nccs1. The van der Waals surface area contributed by atoms with Crippen molar-refractivity contribution in [1.29, 1.82) is 0 Å². The molecule has 82 valence electrons. The van der Waals surface area contributed by atoms with E-state index in [0.29, 0.717) is 17.7 Å². The highest BCUT2D eigenvalue weighted by Gasteiger charge is 2.13. The highest BCUT2D eigenvalue weighted by molar-refractivity contribution is 7.09. The van der Waals surface area contributed by atoms with E-state index in [-0.39, 0.29) is 5.78 Å². The normalized spacial score (nSPS) is 10.1. The van der Waals surface area contributed by atoms with Gasteiger partial charge >= 0.3 is 0 Å². The number of hydrogen-bond acceptors (Lipinski definition) is 5. The van der Waals surface area contributed by atoms with Crippen LogP contribution in [0.4, 0.5) is 0 Å². The Labute approximate surface area is 96.9 Å². The number of carbonyl (C=O) groups is 1. The molecule has 0 fully saturated rings. The van der Waals surface area contributed by atoms with Crippen LogP contribution in [0.5, 0.6) is 5.75 Å². The molecule has 0 N–H and O–H groups in total. The molecule has 0 aliphatic carbocycles. The van der Waals surface area contributed by atoms with Gasteiger partial charge in [0.1, 0.15) is 10.8 Å². The lowest BCUT2D eigenvalue weighted by molar-refractivity contribution is 0.0990. The number of thiazole rings is 1. The Morgan fingerprint density at radius 1 is 1.50 bits per heavy atom. The topological polar surface area (TPSA) is 52.1 Å². The third-order valence-electron chi connectivity index (χ3n) is 2.10. The quantitative estimate of drug-likeness (QED) is 0.759. The van der Waals surface area contributed by atoms with Crippen LogP contribution < -0.4 is 4.74 Å². The molecule has 0 saturated heterocycles. The molecule has 0 aliphatic heterocycles. The molecule has 0 radical (unpaired) electrons. The number of hydrogen-bond donors (Lipinski definition) is 0. The number of methoxy groups -OCH3 is 1. The maximum Gasteiger partial charge on any atom is 0.173 e. The Morgan fingerprint density at radius 3 is 3.06 bits per heavy atom. The lowest BCUT2D eigenvalue weighted by Crippen LogP contribution is -2.05. The van der Waals surface area contributed by atoms with Gasteiger partial charge < -0.3 is 4.74 Å². The van der Waals surface area contributed by atoms with Gasteiger partial charge in [-0.15, -0.1) is 11.3 Å². The fraction of sp³-hybridized carbons (Fsp3) is 0.182. The molecule has 2 aromatic heterocycles. The first kappa shape index (κ1) is 10.8. The smallest absolute Gasteiger partial charge is 0.173 e. The standard InChI is InChI=1S/C11H10N2O2S/c1-15-10-7-12-3-2-8(10)9(14)6-11-13-4-5-16-11/h2-5,7H,6H2,1H3. The molecule has 16 heavy (non-hydrogen) atoms. The molecule has 0 atom stereocenters. The third-order valence-corrected chi connectivity index (χ3v) is 2.88. The monoisotopic (exact) mass is 234 g/mol. The molecular weight excluding hydrogens is 224 g/mol. The molecule has 4 nitrogen and oxygen atoms in total. The zero-order valence-electron chi connectivity index (χ0n) is 8.71. The van der Waals surface area contributed by atoms with E-state index >= 15 is 0 Å². The minimum atomic E-state index is -0.00537. The van der Waals surface area contributed by atoms with Crippen molar-refractivity contribution in [2.24, 2.45) is 0 Å². The lowest BCUT2D eigenvalue weighted by atomic mass is 10.1. The van der Waals surface area contributed by atoms with Gasteiger partial charge in [-0.05, 0) is 6.07 Å². The van der Waals surface area contributed by atoms with E-state index in [9.17, 15) is 4.79 Å². The van der Waals surface area contributed by atoms with Crippen molar-refractivity contribution in [3.8, 4) is 5.75 Å². The van der Waals surface area contributed by atoms with E-state index in [2.05, 4.69) is 9.97 Å². The van der Waals surface area contributed by atoms with Crippen molar-refractivity contribution in [1.82, 2.24) is 9.97 Å². The van der Waals surface area contributed by atoms with Gasteiger partial charge in [-0.2, -0.15) is 0 Å². The van der Waals surface area contributed by atoms with Crippen LogP contribution in [0, 0.1) is 0 Å². The van der Waals surface area contributed by atoms with Crippen molar-refractivity contribution in [2.45, 2.75) is 6.42 Å². The molecule has 2 aromatic rings. The van der Waals surface area contributed by atoms with E-state index in [0.717, 1.165) is 5.01 Å². The Kier molecular flexibility index (Phi) is 3.26. The van der Waals surface area contributed by atoms with Crippen LogP contribution in [0.2, 0.25) is 0 Å². The van der Waals surface area contributed by atoms with Gasteiger partial charge in [0.2, 0.25) is 0 Å². The molecule has 0 unspecified atom stereocenters. The predicted octanol–water partition coefficient (Wildman–Crippen LogP) is 1.97. The maximum atomic E-state index is 12.0. The van der Waals surface area contributed by atoms with Crippen LogP contribution in [0.1, 0.15) is 15.4 Å². The summed E-state index contributed by atoms with van der Waals surface area (Å²) in [6.45, 7) is 0. The second kappa shape index (κ2) is 4.85. The number of carbonyl (C=O) groups excluding carboxylic acids is 1. The number of aromatic nitrogens is 2. The van der Waals surface area contributed by atoms with E-state index in [4.69, 9.17) is 4.74 Å². The predicted molar refractivity (Wildman–Crippen MR) is 60.9 cm³/mol. The van der Waals surface area contributed by atoms with Crippen LogP contribution in [-0.2, 0) is 6.42 Å². The van der Waals surface area contributed by atoms with E-state index in [1.807, 2.05) is 5.38 Å². The summed E-state index contributed by atoms with van der Waals surface area (Å²) in [7, 11) is 1.52. The van der Waals surface area contributed by atoms with Gasteiger partial charge in [0.25, 0.3) is 0 Å². The molecule has 2 heterocycles. The number of nitrogens with zero attached hydrogens (tertiary/aromatic N) is 2. The zero-order chi connectivity index (χ0) is 11.4. The first-order valence-corrected chi connectivity index (χ1v) is 5.59. The lowest BCUT2D eigenvalue weighted by Gasteiger charge is -2.05. The van der Waals surface area contributed by atoms with Gasteiger partial charge in [0.15, 0.2) is 5.78 Å². The highest BCUT2D eigenvalue weighted by atomic mass is 32.1. The second-order valence-electron chi connectivity index (χ2n) is 3.10. The average molecular weight is 234 g/mol. The van der Waals surface area contributed by atoms with Gasteiger partial charge in [-0.25, -0.2) is 4.98 Å². The summed E-state index contributed by atoms with van der Waals surface area (Å²) in [6.07, 6.45) is 5.11. The summed E-state index contributed by atoms with van der Waals surface area (Å²) in [5.74, 6) is 0.498. The van der Waals surface area contributed by atoms with Gasteiger partial charge in [0.05, 0.1) is 25.3 Å². The van der Waals surface area contributed by atoms with Crippen molar-refractivity contribution in [2.75, 3.05) is 7.11 Å². The first-order valence-electron chi connectivity index (χ1n) is 4.71. The van der Waals surface area contributed by atoms with Crippen LogP contribution >= 0.6 is 11.3 Å². The number of ketones is 1. The Hall–Kier alpha value is -1.75.